The molecule has 3 aromatic rings. The Morgan fingerprint density at radius 3 is 2.68 bits per heavy atom. The fourth-order valence-corrected chi connectivity index (χ4v) is 3.08. The number of carbonyl (C=O) groups is 2. The number of esters is 1. The van der Waals surface area contributed by atoms with Crippen LogP contribution in [0.5, 0.6) is 0 Å². The van der Waals surface area contributed by atoms with E-state index in [-0.39, 0.29) is 18.9 Å². The molecule has 0 aliphatic heterocycles. The Hall–Kier alpha value is -3.06. The quantitative estimate of drug-likeness (QED) is 0.613. The van der Waals surface area contributed by atoms with E-state index in [1.807, 2.05) is 30.3 Å². The minimum Gasteiger partial charge on any atom is -0.467 e. The number of ether oxygens (including phenoxy) is 1. The van der Waals surface area contributed by atoms with Crippen molar-refractivity contribution in [2.24, 2.45) is 0 Å². The Kier molecular flexibility index (Phi) is 6.16. The average molecular weight is 403 g/mol. The van der Waals surface area contributed by atoms with Crippen LogP contribution in [0.3, 0.4) is 0 Å². The molecule has 0 saturated carbocycles. The van der Waals surface area contributed by atoms with Crippen LogP contribution in [0.4, 0.5) is 0 Å². The Bertz CT molecular complexity index is 1040. The first-order valence-corrected chi connectivity index (χ1v) is 9.05. The highest BCUT2D eigenvalue weighted by Gasteiger charge is 2.22. The van der Waals surface area contributed by atoms with Crippen molar-refractivity contribution in [3.05, 3.63) is 69.7 Å². The molecule has 146 valence electrons. The van der Waals surface area contributed by atoms with Crippen molar-refractivity contribution in [1.29, 1.82) is 0 Å². The Morgan fingerprint density at radius 1 is 1.21 bits per heavy atom. The highest BCUT2D eigenvalue weighted by Crippen LogP contribution is 2.18. The molecule has 0 fully saturated rings. The number of nitrogens with one attached hydrogen (secondary N) is 1. The van der Waals surface area contributed by atoms with Gasteiger partial charge in [0.2, 0.25) is 5.91 Å². The third kappa shape index (κ3) is 4.61. The lowest BCUT2D eigenvalue weighted by Gasteiger charge is -2.16. The lowest BCUT2D eigenvalue weighted by atomic mass is 10.1. The summed E-state index contributed by atoms with van der Waals surface area (Å²) in [6.45, 7) is 0.110. The van der Waals surface area contributed by atoms with Gasteiger partial charge in [0.25, 0.3) is 0 Å². The second-order valence-electron chi connectivity index (χ2n) is 6.21. The van der Waals surface area contributed by atoms with E-state index in [1.54, 1.807) is 18.2 Å². The predicted octanol–water partition coefficient (Wildman–Crippen LogP) is 2.54. The van der Waals surface area contributed by atoms with Crippen LogP contribution in [0, 0.1) is 0 Å². The van der Waals surface area contributed by atoms with Crippen LogP contribution in [-0.4, -0.2) is 29.6 Å². The van der Waals surface area contributed by atoms with Crippen molar-refractivity contribution in [2.45, 2.75) is 25.4 Å². The molecule has 2 aromatic carbocycles. The van der Waals surface area contributed by atoms with Crippen LogP contribution in [0.1, 0.15) is 12.0 Å². The minimum absolute atomic E-state index is 0.000545. The zero-order valence-corrected chi connectivity index (χ0v) is 15.9. The van der Waals surface area contributed by atoms with Crippen LogP contribution < -0.4 is 11.1 Å². The zero-order valence-electron chi connectivity index (χ0n) is 15.2. The highest BCUT2D eigenvalue weighted by molar-refractivity contribution is 6.31. The van der Waals surface area contributed by atoms with Crippen molar-refractivity contribution in [3.8, 4) is 0 Å². The standard InChI is InChI=1S/C20H19ClN2O5/c1-27-19(25)15(11-13-5-3-2-4-6-13)22-18(24)9-10-23-16-8-7-14(21)12-17(16)28-20(23)26/h2-8,12,15H,9-11H2,1H3,(H,22,24)/t15-/m1/s1. The normalized spacial score (nSPS) is 11.9. The second-order valence-corrected chi connectivity index (χ2v) is 6.65. The van der Waals surface area contributed by atoms with Gasteiger partial charge >= 0.3 is 11.7 Å². The fraction of sp³-hybridized carbons (Fsp3) is 0.250. The van der Waals surface area contributed by atoms with Gasteiger partial charge in [-0.3, -0.25) is 9.36 Å². The SMILES string of the molecule is COC(=O)[C@@H](Cc1ccccc1)NC(=O)CCn1c(=O)oc2cc(Cl)ccc21. The van der Waals surface area contributed by atoms with E-state index < -0.39 is 17.8 Å². The van der Waals surface area contributed by atoms with Crippen LogP contribution in [0.15, 0.2) is 57.7 Å². The maximum absolute atomic E-state index is 12.4. The van der Waals surface area contributed by atoms with Crippen molar-refractivity contribution < 1.29 is 18.7 Å². The lowest BCUT2D eigenvalue weighted by molar-refractivity contribution is -0.145. The van der Waals surface area contributed by atoms with Gasteiger partial charge in [-0.25, -0.2) is 9.59 Å². The molecule has 3 rings (SSSR count). The smallest absolute Gasteiger partial charge is 0.419 e. The maximum Gasteiger partial charge on any atom is 0.419 e. The fourth-order valence-electron chi connectivity index (χ4n) is 2.92. The number of hydrogen-bond donors (Lipinski definition) is 1. The number of benzene rings is 2. The largest absolute Gasteiger partial charge is 0.467 e. The van der Waals surface area contributed by atoms with Gasteiger partial charge in [0, 0.05) is 30.5 Å². The van der Waals surface area contributed by atoms with Gasteiger partial charge in [-0.2, -0.15) is 0 Å². The number of fused-ring (bicyclic) bond motifs is 1. The predicted molar refractivity (Wildman–Crippen MR) is 104 cm³/mol. The molecule has 1 N–H and O–H groups in total. The van der Waals surface area contributed by atoms with Crippen LogP contribution >= 0.6 is 11.6 Å². The van der Waals surface area contributed by atoms with Crippen LogP contribution in [0.2, 0.25) is 5.02 Å². The molecule has 0 spiro atoms. The summed E-state index contributed by atoms with van der Waals surface area (Å²) in [6, 6.07) is 13.3. The number of nitrogens with zero attached hydrogens (tertiary/aromatic N) is 1. The maximum atomic E-state index is 12.4. The molecule has 0 bridgehead atoms. The van der Waals surface area contributed by atoms with E-state index in [2.05, 4.69) is 5.32 Å². The molecule has 1 amide bonds. The molecule has 0 aliphatic rings. The number of methoxy groups -OCH3 is 1. The van der Waals surface area contributed by atoms with E-state index >= 15 is 0 Å². The van der Waals surface area contributed by atoms with E-state index in [1.165, 1.54) is 11.7 Å². The first-order valence-electron chi connectivity index (χ1n) is 8.68. The summed E-state index contributed by atoms with van der Waals surface area (Å²) in [5.41, 5.74) is 1.80. The molecule has 8 heteroatoms. The van der Waals surface area contributed by atoms with Crippen LogP contribution in [0.25, 0.3) is 11.1 Å². The summed E-state index contributed by atoms with van der Waals surface area (Å²) in [5, 5.41) is 3.13. The van der Waals surface area contributed by atoms with E-state index in [9.17, 15) is 14.4 Å². The number of rotatable bonds is 7. The molecule has 0 saturated heterocycles. The number of aromatic nitrogens is 1. The average Bonchev–Trinajstić information content (AvgIpc) is 3.00. The molecule has 0 unspecified atom stereocenters. The van der Waals surface area contributed by atoms with Gasteiger partial charge in [0.05, 0.1) is 12.6 Å². The van der Waals surface area contributed by atoms with Gasteiger partial charge < -0.3 is 14.5 Å². The van der Waals surface area contributed by atoms with Crippen molar-refractivity contribution in [3.63, 3.8) is 0 Å². The van der Waals surface area contributed by atoms with Gasteiger partial charge in [0.1, 0.15) is 6.04 Å². The molecular weight excluding hydrogens is 384 g/mol. The van der Waals surface area contributed by atoms with Gasteiger partial charge in [0.15, 0.2) is 5.58 Å². The number of halogens is 1. The van der Waals surface area contributed by atoms with Gasteiger partial charge in [-0.05, 0) is 17.7 Å². The van der Waals surface area contributed by atoms with Crippen LogP contribution in [-0.2, 0) is 27.3 Å². The summed E-state index contributed by atoms with van der Waals surface area (Å²) in [6.07, 6.45) is 0.311. The second kappa shape index (κ2) is 8.75. The molecule has 1 aromatic heterocycles. The third-order valence-electron chi connectivity index (χ3n) is 4.30. The summed E-state index contributed by atoms with van der Waals surface area (Å²) in [5.74, 6) is -1.47. The van der Waals surface area contributed by atoms with E-state index in [4.69, 9.17) is 20.8 Å². The van der Waals surface area contributed by atoms with Crippen molar-refractivity contribution in [2.75, 3.05) is 7.11 Å². The third-order valence-corrected chi connectivity index (χ3v) is 4.53. The number of oxazole rings is 1. The molecular formula is C20H19ClN2O5. The lowest BCUT2D eigenvalue weighted by Crippen LogP contribution is -2.43. The molecule has 7 nitrogen and oxygen atoms in total. The van der Waals surface area contributed by atoms with Crippen molar-refractivity contribution >= 4 is 34.6 Å². The van der Waals surface area contributed by atoms with E-state index in [0.717, 1.165) is 5.56 Å². The molecule has 0 aliphatic carbocycles. The number of amides is 1. The number of aryl methyl sites for hydroxylation is 1. The number of carbonyl (C=O) groups excluding carboxylic acids is 2. The topological polar surface area (TPSA) is 90.5 Å². The van der Waals surface area contributed by atoms with Crippen molar-refractivity contribution in [1.82, 2.24) is 9.88 Å². The monoisotopic (exact) mass is 402 g/mol. The Labute approximate surface area is 165 Å². The van der Waals surface area contributed by atoms with Gasteiger partial charge in [-0.1, -0.05) is 41.9 Å². The molecule has 1 heterocycles. The Morgan fingerprint density at radius 2 is 1.96 bits per heavy atom. The zero-order chi connectivity index (χ0) is 20.1. The van der Waals surface area contributed by atoms with Gasteiger partial charge in [-0.15, -0.1) is 0 Å². The summed E-state index contributed by atoms with van der Waals surface area (Å²) in [7, 11) is 1.27. The highest BCUT2D eigenvalue weighted by atomic mass is 35.5. The minimum atomic E-state index is -0.809. The molecule has 0 radical (unpaired) electrons. The summed E-state index contributed by atoms with van der Waals surface area (Å²) in [4.78, 5) is 36.4. The number of hydrogen-bond acceptors (Lipinski definition) is 5. The first-order chi connectivity index (χ1) is 13.5. The first kappa shape index (κ1) is 19.7. The molecule has 28 heavy (non-hydrogen) atoms. The summed E-state index contributed by atoms with van der Waals surface area (Å²) >= 11 is 5.90. The van der Waals surface area contributed by atoms with E-state index in [0.29, 0.717) is 22.5 Å². The Balaban J connectivity index is 1.67. The molecule has 1 atom stereocenters. The summed E-state index contributed by atoms with van der Waals surface area (Å²) < 4.78 is 11.3.